The van der Waals surface area contributed by atoms with Crippen molar-refractivity contribution in [3.05, 3.63) is 98.9 Å². The van der Waals surface area contributed by atoms with Crippen LogP contribution in [0.25, 0.3) is 11.0 Å². The van der Waals surface area contributed by atoms with Crippen LogP contribution >= 0.6 is 11.6 Å². The molecule has 0 bridgehead atoms. The Hall–Kier alpha value is -3.77. The van der Waals surface area contributed by atoms with Crippen LogP contribution in [-0.2, 0) is 0 Å². The third kappa shape index (κ3) is 3.04. The van der Waals surface area contributed by atoms with Crippen molar-refractivity contribution in [2.45, 2.75) is 6.04 Å². The van der Waals surface area contributed by atoms with Crippen molar-refractivity contribution in [3.8, 4) is 11.5 Å². The number of hydrogen-bond acceptors (Lipinski definition) is 5. The van der Waals surface area contributed by atoms with Crippen LogP contribution in [0.3, 0.4) is 0 Å². The Bertz CT molecular complexity index is 1380. The topological polar surface area (TPSA) is 80.0 Å². The number of nitrogens with zero attached hydrogens (tertiary/aromatic N) is 1. The van der Waals surface area contributed by atoms with Gasteiger partial charge < -0.3 is 14.3 Å². The SMILES string of the molecule is COc1ccc(N2C(=O)c3oc4ccc(Cl)cc4c(=O)c3C2c2ccc(O)cc2)cc1. The van der Waals surface area contributed by atoms with Gasteiger partial charge in [0.15, 0.2) is 5.43 Å². The molecule has 31 heavy (non-hydrogen) atoms. The Morgan fingerprint density at radius 2 is 1.71 bits per heavy atom. The number of phenols is 1. The predicted molar refractivity (Wildman–Crippen MR) is 117 cm³/mol. The Morgan fingerprint density at radius 1 is 1.00 bits per heavy atom. The van der Waals surface area contributed by atoms with Crippen molar-refractivity contribution in [2.24, 2.45) is 0 Å². The zero-order chi connectivity index (χ0) is 21.7. The molecule has 6 nitrogen and oxygen atoms in total. The Kier molecular flexibility index (Phi) is 4.45. The number of carbonyl (C=O) groups excluding carboxylic acids is 1. The highest BCUT2D eigenvalue weighted by molar-refractivity contribution is 6.31. The second-order valence-corrected chi connectivity index (χ2v) is 7.62. The molecule has 0 spiro atoms. The van der Waals surface area contributed by atoms with E-state index in [1.807, 2.05) is 0 Å². The molecule has 5 rings (SSSR count). The molecule has 1 amide bonds. The summed E-state index contributed by atoms with van der Waals surface area (Å²) in [5, 5.41) is 10.4. The molecule has 1 unspecified atom stereocenters. The largest absolute Gasteiger partial charge is 0.508 e. The number of anilines is 1. The average Bonchev–Trinajstić information content (AvgIpc) is 3.07. The summed E-state index contributed by atoms with van der Waals surface area (Å²) < 4.78 is 11.1. The zero-order valence-corrected chi connectivity index (χ0v) is 17.1. The Morgan fingerprint density at radius 3 is 2.39 bits per heavy atom. The third-order valence-corrected chi connectivity index (χ3v) is 5.63. The number of hydrogen-bond donors (Lipinski definition) is 1. The molecule has 0 aliphatic carbocycles. The highest BCUT2D eigenvalue weighted by atomic mass is 35.5. The van der Waals surface area contributed by atoms with Crippen LogP contribution < -0.4 is 15.1 Å². The van der Waals surface area contributed by atoms with Crippen LogP contribution in [-0.4, -0.2) is 18.1 Å². The van der Waals surface area contributed by atoms with Gasteiger partial charge in [0.2, 0.25) is 5.76 Å². The summed E-state index contributed by atoms with van der Waals surface area (Å²) in [4.78, 5) is 28.4. The fraction of sp³-hybridized carbons (Fsp3) is 0.0833. The second kappa shape index (κ2) is 7.18. The molecule has 1 aliphatic heterocycles. The molecule has 1 aliphatic rings. The first kappa shape index (κ1) is 19.2. The van der Waals surface area contributed by atoms with E-state index in [9.17, 15) is 14.7 Å². The highest BCUT2D eigenvalue weighted by Gasteiger charge is 2.43. The van der Waals surface area contributed by atoms with E-state index in [0.29, 0.717) is 33.0 Å². The number of phenolic OH excluding ortho intramolecular Hbond substituents is 1. The number of methoxy groups -OCH3 is 1. The van der Waals surface area contributed by atoms with Crippen molar-refractivity contribution in [3.63, 3.8) is 0 Å². The van der Waals surface area contributed by atoms with E-state index in [0.717, 1.165) is 0 Å². The number of benzene rings is 3. The molecule has 4 aromatic rings. The van der Waals surface area contributed by atoms with Crippen molar-refractivity contribution in [1.29, 1.82) is 0 Å². The first-order chi connectivity index (χ1) is 15.0. The molecule has 2 heterocycles. The van der Waals surface area contributed by atoms with Crippen LogP contribution in [0.1, 0.15) is 27.7 Å². The van der Waals surface area contributed by atoms with Gasteiger partial charge in [0.25, 0.3) is 5.91 Å². The van der Waals surface area contributed by atoms with Crippen LogP contribution in [0.2, 0.25) is 5.02 Å². The Labute approximate surface area is 181 Å². The van der Waals surface area contributed by atoms with E-state index in [4.69, 9.17) is 20.8 Å². The van der Waals surface area contributed by atoms with E-state index >= 15 is 0 Å². The molecule has 0 saturated heterocycles. The van der Waals surface area contributed by atoms with Crippen molar-refractivity contribution < 1.29 is 19.1 Å². The summed E-state index contributed by atoms with van der Waals surface area (Å²) in [6.07, 6.45) is 0. The minimum absolute atomic E-state index is 0.00582. The average molecular weight is 434 g/mol. The van der Waals surface area contributed by atoms with Gasteiger partial charge in [-0.3, -0.25) is 14.5 Å². The van der Waals surface area contributed by atoms with Crippen molar-refractivity contribution in [1.82, 2.24) is 0 Å². The van der Waals surface area contributed by atoms with Crippen LogP contribution in [0, 0.1) is 0 Å². The fourth-order valence-corrected chi connectivity index (χ4v) is 4.10. The number of halogens is 1. The summed E-state index contributed by atoms with van der Waals surface area (Å²) in [5.41, 5.74) is 1.45. The molecule has 154 valence electrons. The van der Waals surface area contributed by atoms with Crippen LogP contribution in [0.4, 0.5) is 5.69 Å². The first-order valence-electron chi connectivity index (χ1n) is 9.50. The van der Waals surface area contributed by atoms with E-state index in [2.05, 4.69) is 0 Å². The zero-order valence-electron chi connectivity index (χ0n) is 16.3. The third-order valence-electron chi connectivity index (χ3n) is 5.39. The molecule has 1 atom stereocenters. The van der Waals surface area contributed by atoms with Crippen molar-refractivity contribution >= 4 is 34.2 Å². The van der Waals surface area contributed by atoms with Gasteiger partial charge in [0.05, 0.1) is 24.1 Å². The maximum absolute atomic E-state index is 13.5. The van der Waals surface area contributed by atoms with Crippen LogP contribution in [0.15, 0.2) is 75.9 Å². The number of amides is 1. The number of carbonyl (C=O) groups is 1. The monoisotopic (exact) mass is 433 g/mol. The lowest BCUT2D eigenvalue weighted by Gasteiger charge is -2.25. The molecular formula is C24H16ClNO5. The summed E-state index contributed by atoms with van der Waals surface area (Å²) >= 11 is 6.10. The lowest BCUT2D eigenvalue weighted by Crippen LogP contribution is -2.29. The van der Waals surface area contributed by atoms with Gasteiger partial charge in [-0.05, 0) is 60.2 Å². The summed E-state index contributed by atoms with van der Waals surface area (Å²) in [7, 11) is 1.56. The van der Waals surface area contributed by atoms with Gasteiger partial charge in [-0.2, -0.15) is 0 Å². The van der Waals surface area contributed by atoms with E-state index in [1.54, 1.807) is 55.6 Å². The standard InChI is InChI=1S/C24H16ClNO5/c1-30-17-9-5-15(6-10-17)26-21(13-2-7-16(27)8-3-13)20-22(28)18-12-14(25)4-11-19(18)31-23(20)24(26)29/h2-12,21,27H,1H3. The number of rotatable bonds is 3. The molecule has 0 saturated carbocycles. The van der Waals surface area contributed by atoms with Crippen molar-refractivity contribution in [2.75, 3.05) is 12.0 Å². The minimum atomic E-state index is -0.726. The molecule has 1 aromatic heterocycles. The van der Waals surface area contributed by atoms with Gasteiger partial charge in [0.1, 0.15) is 17.1 Å². The Balaban J connectivity index is 1.78. The number of aromatic hydroxyl groups is 1. The van der Waals surface area contributed by atoms with Gasteiger partial charge in [-0.25, -0.2) is 0 Å². The molecule has 7 heteroatoms. The van der Waals surface area contributed by atoms with Gasteiger partial charge >= 0.3 is 0 Å². The van der Waals surface area contributed by atoms with E-state index in [1.165, 1.54) is 23.1 Å². The number of ether oxygens (including phenoxy) is 1. The molecule has 0 fully saturated rings. The fourth-order valence-electron chi connectivity index (χ4n) is 3.93. The highest BCUT2D eigenvalue weighted by Crippen LogP contribution is 2.42. The second-order valence-electron chi connectivity index (χ2n) is 7.18. The smallest absolute Gasteiger partial charge is 0.295 e. The lowest BCUT2D eigenvalue weighted by molar-refractivity contribution is 0.0971. The summed E-state index contributed by atoms with van der Waals surface area (Å²) in [6, 6.07) is 17.4. The number of fused-ring (bicyclic) bond motifs is 2. The maximum Gasteiger partial charge on any atom is 0.295 e. The summed E-state index contributed by atoms with van der Waals surface area (Å²) in [6.45, 7) is 0. The lowest BCUT2D eigenvalue weighted by atomic mass is 9.98. The van der Waals surface area contributed by atoms with E-state index < -0.39 is 11.9 Å². The summed E-state index contributed by atoms with van der Waals surface area (Å²) in [5.74, 6) is 0.297. The molecule has 0 radical (unpaired) electrons. The van der Waals surface area contributed by atoms with Gasteiger partial charge in [-0.15, -0.1) is 0 Å². The van der Waals surface area contributed by atoms with Crippen LogP contribution in [0.5, 0.6) is 11.5 Å². The molecular weight excluding hydrogens is 418 g/mol. The first-order valence-corrected chi connectivity index (χ1v) is 9.88. The molecule has 3 aromatic carbocycles. The van der Waals surface area contributed by atoms with Gasteiger partial charge in [-0.1, -0.05) is 23.7 Å². The van der Waals surface area contributed by atoms with Gasteiger partial charge in [0, 0.05) is 10.7 Å². The quantitative estimate of drug-likeness (QED) is 0.496. The minimum Gasteiger partial charge on any atom is -0.508 e. The maximum atomic E-state index is 13.5. The normalized spacial score (nSPS) is 15.4. The predicted octanol–water partition coefficient (Wildman–Crippen LogP) is 4.91. The van der Waals surface area contributed by atoms with E-state index in [-0.39, 0.29) is 22.5 Å². The molecule has 1 N–H and O–H groups in total.